The van der Waals surface area contributed by atoms with E-state index in [1.165, 1.54) is 0 Å². The minimum Gasteiger partial charge on any atom is -0.446 e. The van der Waals surface area contributed by atoms with Crippen molar-refractivity contribution in [1.29, 1.82) is 0 Å². The van der Waals surface area contributed by atoms with Gasteiger partial charge < -0.3 is 4.42 Å². The number of hydrogen-bond donors (Lipinski definition) is 0. The van der Waals surface area contributed by atoms with Gasteiger partial charge in [0.2, 0.25) is 0 Å². The summed E-state index contributed by atoms with van der Waals surface area (Å²) in [7, 11) is 0. The van der Waals surface area contributed by atoms with Crippen molar-refractivity contribution in [3.8, 4) is 0 Å². The lowest BCUT2D eigenvalue weighted by atomic mass is 10.6. The molecular formula is C5H7NO. The van der Waals surface area contributed by atoms with Crippen molar-refractivity contribution in [3.63, 3.8) is 0 Å². The number of aromatic nitrogens is 1. The Bertz CT molecular complexity index is 175. The molecule has 1 aromatic rings. The second kappa shape index (κ2) is 1.37. The maximum atomic E-state index is 7.04. The van der Waals surface area contributed by atoms with Gasteiger partial charge in [0.15, 0.2) is 5.89 Å². The van der Waals surface area contributed by atoms with Crippen molar-refractivity contribution in [2.24, 2.45) is 0 Å². The van der Waals surface area contributed by atoms with Gasteiger partial charge in [-0.05, 0) is 6.92 Å². The lowest BCUT2D eigenvalue weighted by molar-refractivity contribution is 0.494. The molecule has 7 heavy (non-hydrogen) atoms. The van der Waals surface area contributed by atoms with E-state index in [1.807, 2.05) is 0 Å². The molecule has 0 bridgehead atoms. The SMILES string of the molecule is [2H]c1nc(C)oc1C. The molecule has 1 rings (SSSR count). The summed E-state index contributed by atoms with van der Waals surface area (Å²) in [5.41, 5.74) is 0. The van der Waals surface area contributed by atoms with Crippen LogP contribution in [-0.2, 0) is 0 Å². The van der Waals surface area contributed by atoms with E-state index >= 15 is 0 Å². The summed E-state index contributed by atoms with van der Waals surface area (Å²) in [5.74, 6) is 1.15. The third kappa shape index (κ3) is 0.796. The van der Waals surface area contributed by atoms with Gasteiger partial charge in [0, 0.05) is 6.92 Å². The fourth-order valence-electron chi connectivity index (χ4n) is 0.425. The van der Waals surface area contributed by atoms with Crippen LogP contribution in [0.3, 0.4) is 0 Å². The Morgan fingerprint density at radius 1 is 1.86 bits per heavy atom. The Kier molecular flexibility index (Phi) is 0.635. The fraction of sp³-hybridized carbons (Fsp3) is 0.400. The minimum atomic E-state index is 0.238. The molecule has 0 aliphatic heterocycles. The second-order valence-corrected chi connectivity index (χ2v) is 1.40. The van der Waals surface area contributed by atoms with Gasteiger partial charge in [-0.3, -0.25) is 0 Å². The van der Waals surface area contributed by atoms with Crippen LogP contribution in [0.5, 0.6) is 0 Å². The quantitative estimate of drug-likeness (QED) is 0.488. The molecule has 2 heteroatoms. The maximum Gasteiger partial charge on any atom is 0.191 e. The summed E-state index contributed by atoms with van der Waals surface area (Å²) in [6, 6.07) is 0. The molecule has 0 atom stereocenters. The van der Waals surface area contributed by atoms with Crippen molar-refractivity contribution in [2.75, 3.05) is 0 Å². The molecule has 0 fully saturated rings. The summed E-state index contributed by atoms with van der Waals surface area (Å²) in [4.78, 5) is 3.71. The maximum absolute atomic E-state index is 7.04. The van der Waals surface area contributed by atoms with Gasteiger partial charge >= 0.3 is 0 Å². The van der Waals surface area contributed by atoms with E-state index in [-0.39, 0.29) is 6.17 Å². The number of aryl methyl sites for hydroxylation is 2. The zero-order chi connectivity index (χ0) is 6.15. The molecule has 0 aliphatic carbocycles. The largest absolute Gasteiger partial charge is 0.446 e. The molecule has 1 heterocycles. The van der Waals surface area contributed by atoms with Crippen LogP contribution in [0.25, 0.3) is 0 Å². The monoisotopic (exact) mass is 98.1 g/mol. The lowest BCUT2D eigenvalue weighted by Crippen LogP contribution is -1.59. The van der Waals surface area contributed by atoms with Crippen LogP contribution < -0.4 is 0 Å². The van der Waals surface area contributed by atoms with Crippen LogP contribution in [0, 0.1) is 13.8 Å². The fourth-order valence-corrected chi connectivity index (χ4v) is 0.425. The second-order valence-electron chi connectivity index (χ2n) is 1.40. The highest BCUT2D eigenvalue weighted by Crippen LogP contribution is 1.96. The van der Waals surface area contributed by atoms with E-state index in [2.05, 4.69) is 4.98 Å². The predicted molar refractivity (Wildman–Crippen MR) is 26.0 cm³/mol. The number of hydrogen-bond acceptors (Lipinski definition) is 2. The van der Waals surface area contributed by atoms with Crippen LogP contribution in [0.4, 0.5) is 0 Å². The van der Waals surface area contributed by atoms with E-state index in [0.717, 1.165) is 0 Å². The van der Waals surface area contributed by atoms with E-state index in [4.69, 9.17) is 5.79 Å². The van der Waals surface area contributed by atoms with Gasteiger partial charge in [-0.25, -0.2) is 4.98 Å². The van der Waals surface area contributed by atoms with Crippen molar-refractivity contribution in [2.45, 2.75) is 13.8 Å². The highest BCUT2D eigenvalue weighted by molar-refractivity contribution is 4.87. The van der Waals surface area contributed by atoms with Crippen LogP contribution in [0.1, 0.15) is 13.0 Å². The predicted octanol–water partition coefficient (Wildman–Crippen LogP) is 1.29. The number of rotatable bonds is 0. The topological polar surface area (TPSA) is 26.0 Å². The molecule has 0 spiro atoms. The first-order chi connectivity index (χ1) is 3.70. The zero-order valence-electron chi connectivity index (χ0n) is 5.36. The van der Waals surface area contributed by atoms with Crippen LogP contribution in [0.2, 0.25) is 0 Å². The average molecular weight is 98.1 g/mol. The molecule has 0 aromatic carbocycles. The average Bonchev–Trinajstić information content (AvgIpc) is 1.85. The van der Waals surface area contributed by atoms with Gasteiger partial charge in [-0.2, -0.15) is 0 Å². The third-order valence-corrected chi connectivity index (χ3v) is 0.672. The molecule has 38 valence electrons. The first-order valence-corrected chi connectivity index (χ1v) is 2.11. The molecule has 0 aliphatic rings. The molecule has 2 nitrogen and oxygen atoms in total. The normalized spacial score (nSPS) is 11.4. The molecule has 0 radical (unpaired) electrons. The van der Waals surface area contributed by atoms with Crippen molar-refractivity contribution in [1.82, 2.24) is 4.98 Å². The summed E-state index contributed by atoms with van der Waals surface area (Å²) in [6.07, 6.45) is 0.238. The van der Waals surface area contributed by atoms with Gasteiger partial charge in [0.25, 0.3) is 0 Å². The van der Waals surface area contributed by atoms with E-state index in [1.54, 1.807) is 13.8 Å². The third-order valence-electron chi connectivity index (χ3n) is 0.672. The highest BCUT2D eigenvalue weighted by atomic mass is 16.3. The first kappa shape index (κ1) is 3.24. The summed E-state index contributed by atoms with van der Waals surface area (Å²) in [5, 5.41) is 0. The molecule has 0 unspecified atom stereocenters. The van der Waals surface area contributed by atoms with Crippen LogP contribution in [-0.4, -0.2) is 4.98 Å². The van der Waals surface area contributed by atoms with Gasteiger partial charge in [0.1, 0.15) is 5.76 Å². The Morgan fingerprint density at radius 3 is 2.71 bits per heavy atom. The highest BCUT2D eigenvalue weighted by Gasteiger charge is 1.87. The molecule has 0 N–H and O–H groups in total. The number of oxazole rings is 1. The van der Waals surface area contributed by atoms with Crippen molar-refractivity contribution >= 4 is 0 Å². The van der Waals surface area contributed by atoms with Gasteiger partial charge in [-0.15, -0.1) is 0 Å². The number of nitrogens with zero attached hydrogens (tertiary/aromatic N) is 1. The minimum absolute atomic E-state index is 0.238. The molecule has 1 aromatic heterocycles. The van der Waals surface area contributed by atoms with E-state index in [9.17, 15) is 0 Å². The summed E-state index contributed by atoms with van der Waals surface area (Å²) >= 11 is 0. The van der Waals surface area contributed by atoms with Crippen LogP contribution >= 0.6 is 0 Å². The Hall–Kier alpha value is -0.790. The summed E-state index contributed by atoms with van der Waals surface area (Å²) in [6.45, 7) is 3.45. The summed E-state index contributed by atoms with van der Waals surface area (Å²) < 4.78 is 12.0. The van der Waals surface area contributed by atoms with Crippen LogP contribution in [0.15, 0.2) is 10.6 Å². The first-order valence-electron chi connectivity index (χ1n) is 2.61. The van der Waals surface area contributed by atoms with Gasteiger partial charge in [0.05, 0.1) is 7.54 Å². The molecule has 0 saturated heterocycles. The zero-order valence-corrected chi connectivity index (χ0v) is 4.36. The molecular weight excluding hydrogens is 90.1 g/mol. The Labute approximate surface area is 43.6 Å². The van der Waals surface area contributed by atoms with E-state index in [0.29, 0.717) is 11.7 Å². The smallest absolute Gasteiger partial charge is 0.191 e. The van der Waals surface area contributed by atoms with Crippen molar-refractivity contribution in [3.05, 3.63) is 17.8 Å². The lowest BCUT2D eigenvalue weighted by Gasteiger charge is -1.73. The van der Waals surface area contributed by atoms with E-state index < -0.39 is 0 Å². The molecule has 0 amide bonds. The Morgan fingerprint density at radius 2 is 2.57 bits per heavy atom. The van der Waals surface area contributed by atoms with Crippen molar-refractivity contribution < 1.29 is 5.79 Å². The molecule has 0 saturated carbocycles. The Balaban J connectivity index is 3.14. The van der Waals surface area contributed by atoms with Gasteiger partial charge in [-0.1, -0.05) is 0 Å². The standard InChI is InChI=1S/C5H7NO/c1-4-3-6-5(2)7-4/h3H,1-2H3/i3D.